The summed E-state index contributed by atoms with van der Waals surface area (Å²) in [4.78, 5) is 27.4. The predicted octanol–water partition coefficient (Wildman–Crippen LogP) is 3.53. The number of phenols is 1. The van der Waals surface area contributed by atoms with Crippen LogP contribution in [0.1, 0.15) is 27.0 Å². The molecule has 27 heavy (non-hydrogen) atoms. The van der Waals surface area contributed by atoms with Crippen LogP contribution in [0, 0.1) is 6.92 Å². The highest BCUT2D eigenvalue weighted by Crippen LogP contribution is 2.42. The van der Waals surface area contributed by atoms with Gasteiger partial charge in [0.2, 0.25) is 5.78 Å². The Hall–Kier alpha value is -3.39. The van der Waals surface area contributed by atoms with Crippen molar-refractivity contribution in [1.29, 1.82) is 0 Å². The molecule has 0 bridgehead atoms. The Balaban J connectivity index is 1.88. The fourth-order valence-corrected chi connectivity index (χ4v) is 3.73. The Morgan fingerprint density at radius 2 is 1.96 bits per heavy atom. The van der Waals surface area contributed by atoms with Gasteiger partial charge in [0.25, 0.3) is 5.91 Å². The van der Waals surface area contributed by atoms with Crippen LogP contribution in [0.5, 0.6) is 5.75 Å². The maximum absolute atomic E-state index is 13.0. The number of carbonyl (C=O) groups is 2. The number of aliphatic hydroxyl groups is 1. The van der Waals surface area contributed by atoms with E-state index in [-0.39, 0.29) is 17.1 Å². The van der Waals surface area contributed by atoms with Crippen LogP contribution >= 0.6 is 11.3 Å². The molecular weight excluding hydrogens is 368 g/mol. The molecule has 3 heterocycles. The van der Waals surface area contributed by atoms with Crippen molar-refractivity contribution in [2.24, 2.45) is 0 Å². The Morgan fingerprint density at radius 1 is 1.22 bits per heavy atom. The number of thiophene rings is 1. The molecule has 2 aromatic heterocycles. The zero-order chi connectivity index (χ0) is 19.1. The van der Waals surface area contributed by atoms with Crippen LogP contribution in [-0.2, 0) is 4.79 Å². The lowest BCUT2D eigenvalue weighted by Crippen LogP contribution is -2.31. The highest BCUT2D eigenvalue weighted by Gasteiger charge is 2.45. The fraction of sp³-hybridized carbons (Fsp3) is 0.105. The molecule has 1 atom stereocenters. The quantitative estimate of drug-likeness (QED) is 0.669. The molecule has 136 valence electrons. The van der Waals surface area contributed by atoms with Crippen molar-refractivity contribution in [3.8, 4) is 5.75 Å². The topological polar surface area (TPSA) is 104 Å². The third-order valence-electron chi connectivity index (χ3n) is 4.27. The van der Waals surface area contributed by atoms with E-state index in [2.05, 4.69) is 5.16 Å². The van der Waals surface area contributed by atoms with Crippen LogP contribution in [0.15, 0.2) is 63.7 Å². The Bertz CT molecular complexity index is 1050. The number of Topliss-reactive ketones (excluding diaryl/α,β-unsaturated/α-hetero) is 1. The van der Waals surface area contributed by atoms with Crippen LogP contribution in [0.4, 0.5) is 5.82 Å². The lowest BCUT2D eigenvalue weighted by molar-refractivity contribution is -0.117. The zero-order valence-corrected chi connectivity index (χ0v) is 14.9. The van der Waals surface area contributed by atoms with Gasteiger partial charge in [-0.3, -0.25) is 14.5 Å². The maximum Gasteiger partial charge on any atom is 0.295 e. The monoisotopic (exact) mass is 382 g/mol. The third-order valence-corrected chi connectivity index (χ3v) is 5.14. The molecule has 1 aliphatic rings. The molecule has 4 rings (SSSR count). The number of phenolic OH excluding ortho intramolecular Hbond substituents is 1. The molecule has 0 unspecified atom stereocenters. The van der Waals surface area contributed by atoms with Gasteiger partial charge in [-0.2, -0.15) is 0 Å². The van der Waals surface area contributed by atoms with Crippen molar-refractivity contribution in [2.45, 2.75) is 13.0 Å². The fourth-order valence-electron chi connectivity index (χ4n) is 3.05. The van der Waals surface area contributed by atoms with Crippen LogP contribution in [0.25, 0.3) is 0 Å². The molecule has 3 aromatic rings. The SMILES string of the molecule is Cc1cc(N2C(=O)C(O)=C(C(=O)c3cccs3)[C@@H]2c2ccc(O)cc2)no1. The van der Waals surface area contributed by atoms with Gasteiger partial charge >= 0.3 is 0 Å². The van der Waals surface area contributed by atoms with E-state index in [4.69, 9.17) is 4.52 Å². The number of aryl methyl sites for hydroxylation is 1. The minimum Gasteiger partial charge on any atom is -0.508 e. The Kier molecular flexibility index (Phi) is 4.04. The number of benzene rings is 1. The summed E-state index contributed by atoms with van der Waals surface area (Å²) < 4.78 is 5.06. The van der Waals surface area contributed by atoms with Crippen LogP contribution in [0.2, 0.25) is 0 Å². The van der Waals surface area contributed by atoms with Gasteiger partial charge < -0.3 is 14.7 Å². The summed E-state index contributed by atoms with van der Waals surface area (Å²) in [6, 6.07) is 10.1. The largest absolute Gasteiger partial charge is 0.508 e. The predicted molar refractivity (Wildman–Crippen MR) is 97.9 cm³/mol. The minimum absolute atomic E-state index is 0.0335. The second-order valence-electron chi connectivity index (χ2n) is 6.03. The van der Waals surface area contributed by atoms with E-state index in [9.17, 15) is 19.8 Å². The first-order valence-electron chi connectivity index (χ1n) is 8.04. The molecule has 7 nitrogen and oxygen atoms in total. The normalized spacial score (nSPS) is 17.0. The molecule has 0 spiro atoms. The van der Waals surface area contributed by atoms with Gasteiger partial charge in [0, 0.05) is 6.07 Å². The number of hydrogen-bond acceptors (Lipinski definition) is 7. The van der Waals surface area contributed by atoms with E-state index in [0.29, 0.717) is 16.2 Å². The van der Waals surface area contributed by atoms with Gasteiger partial charge in [-0.15, -0.1) is 11.3 Å². The molecule has 0 radical (unpaired) electrons. The van der Waals surface area contributed by atoms with E-state index in [0.717, 1.165) is 0 Å². The molecule has 0 saturated heterocycles. The standard InChI is InChI=1S/C19H14N2O5S/c1-10-9-14(20-26-10)21-16(11-4-6-12(22)7-5-11)15(18(24)19(21)25)17(23)13-3-2-8-27-13/h2-9,16,22,24H,1H3/t16-/m0/s1. The number of carbonyl (C=O) groups excluding carboxylic acids is 2. The molecule has 0 aliphatic carbocycles. The molecule has 1 amide bonds. The van der Waals surface area contributed by atoms with E-state index in [1.165, 1.54) is 28.4 Å². The lowest BCUT2D eigenvalue weighted by atomic mass is 9.95. The summed E-state index contributed by atoms with van der Waals surface area (Å²) in [7, 11) is 0. The number of aromatic hydroxyl groups is 1. The Morgan fingerprint density at radius 3 is 2.56 bits per heavy atom. The summed E-state index contributed by atoms with van der Waals surface area (Å²) in [5.74, 6) is -1.06. The van der Waals surface area contributed by atoms with Crippen molar-refractivity contribution < 1.29 is 24.3 Å². The smallest absolute Gasteiger partial charge is 0.295 e. The van der Waals surface area contributed by atoms with Crippen LogP contribution < -0.4 is 4.90 Å². The second kappa shape index (κ2) is 6.40. The average Bonchev–Trinajstić information content (AvgIpc) is 3.37. The van der Waals surface area contributed by atoms with Crippen LogP contribution in [-0.4, -0.2) is 27.1 Å². The van der Waals surface area contributed by atoms with E-state index in [1.54, 1.807) is 42.6 Å². The first-order chi connectivity index (χ1) is 13.0. The molecule has 8 heteroatoms. The lowest BCUT2D eigenvalue weighted by Gasteiger charge is -2.24. The van der Waals surface area contributed by atoms with Gasteiger partial charge in [-0.25, -0.2) is 0 Å². The van der Waals surface area contributed by atoms with Crippen molar-refractivity contribution in [3.63, 3.8) is 0 Å². The van der Waals surface area contributed by atoms with Crippen molar-refractivity contribution in [3.05, 3.63) is 75.4 Å². The first-order valence-corrected chi connectivity index (χ1v) is 8.92. The van der Waals surface area contributed by atoms with Gasteiger partial charge in [0.05, 0.1) is 16.5 Å². The highest BCUT2D eigenvalue weighted by atomic mass is 32.1. The summed E-state index contributed by atoms with van der Waals surface area (Å²) in [6.07, 6.45) is 0. The summed E-state index contributed by atoms with van der Waals surface area (Å²) >= 11 is 1.22. The first kappa shape index (κ1) is 17.0. The summed E-state index contributed by atoms with van der Waals surface area (Å²) in [5.41, 5.74) is 0.513. The van der Waals surface area contributed by atoms with E-state index >= 15 is 0 Å². The van der Waals surface area contributed by atoms with Gasteiger partial charge in [-0.1, -0.05) is 23.4 Å². The van der Waals surface area contributed by atoms with Crippen molar-refractivity contribution in [1.82, 2.24) is 5.16 Å². The molecule has 1 aliphatic heterocycles. The number of hydrogen-bond donors (Lipinski definition) is 2. The highest BCUT2D eigenvalue weighted by molar-refractivity contribution is 7.12. The minimum atomic E-state index is -0.891. The number of ketones is 1. The summed E-state index contributed by atoms with van der Waals surface area (Å²) in [5, 5.41) is 25.7. The third kappa shape index (κ3) is 2.80. The van der Waals surface area contributed by atoms with E-state index < -0.39 is 23.5 Å². The molecule has 0 fully saturated rings. The van der Waals surface area contributed by atoms with Gasteiger partial charge in [0.1, 0.15) is 11.5 Å². The Labute approximate surface area is 157 Å². The number of rotatable bonds is 4. The van der Waals surface area contributed by atoms with Gasteiger partial charge in [-0.05, 0) is 36.1 Å². The number of anilines is 1. The maximum atomic E-state index is 13.0. The number of aromatic nitrogens is 1. The average molecular weight is 382 g/mol. The van der Waals surface area contributed by atoms with Crippen molar-refractivity contribution >= 4 is 28.8 Å². The van der Waals surface area contributed by atoms with Crippen molar-refractivity contribution in [2.75, 3.05) is 4.90 Å². The molecular formula is C19H14N2O5S. The zero-order valence-electron chi connectivity index (χ0n) is 14.1. The molecule has 2 N–H and O–H groups in total. The van der Waals surface area contributed by atoms with Crippen LogP contribution in [0.3, 0.4) is 0 Å². The van der Waals surface area contributed by atoms with Gasteiger partial charge in [0.15, 0.2) is 11.6 Å². The van der Waals surface area contributed by atoms with E-state index in [1.807, 2.05) is 0 Å². The molecule has 0 saturated carbocycles. The number of amides is 1. The second-order valence-corrected chi connectivity index (χ2v) is 6.98. The number of aliphatic hydroxyl groups excluding tert-OH is 1. The molecule has 1 aromatic carbocycles. The summed E-state index contributed by atoms with van der Waals surface area (Å²) in [6.45, 7) is 1.68. The number of nitrogens with zero attached hydrogens (tertiary/aromatic N) is 2.